The number of ether oxygens (including phenoxy) is 1. The predicted octanol–water partition coefficient (Wildman–Crippen LogP) is 4.22. The van der Waals surface area contributed by atoms with Gasteiger partial charge in [-0.1, -0.05) is 43.7 Å². The molecule has 0 saturated carbocycles. The van der Waals surface area contributed by atoms with Gasteiger partial charge >= 0.3 is 0 Å². The summed E-state index contributed by atoms with van der Waals surface area (Å²) in [5.41, 5.74) is 8.10. The summed E-state index contributed by atoms with van der Waals surface area (Å²) in [6.45, 7) is 2.08. The van der Waals surface area contributed by atoms with Crippen molar-refractivity contribution in [1.29, 1.82) is 0 Å². The summed E-state index contributed by atoms with van der Waals surface area (Å²) in [4.78, 5) is 12.6. The Bertz CT molecular complexity index is 632. The zero-order valence-corrected chi connectivity index (χ0v) is 14.2. The number of halogens is 1. The summed E-state index contributed by atoms with van der Waals surface area (Å²) >= 11 is 0. The molecule has 0 heterocycles. The average Bonchev–Trinajstić information content (AvgIpc) is 2.53. The maximum atomic E-state index is 12.6. The zero-order chi connectivity index (χ0) is 15.9. The average molecular weight is 335 g/mol. The summed E-state index contributed by atoms with van der Waals surface area (Å²) < 4.78 is 5.12. The molecule has 0 radical (unpaired) electrons. The van der Waals surface area contributed by atoms with Crippen molar-refractivity contribution in [2.75, 3.05) is 18.2 Å². The Kier molecular flexibility index (Phi) is 7.42. The van der Waals surface area contributed by atoms with Crippen LogP contribution in [0.5, 0.6) is 5.75 Å². The molecule has 0 aliphatic rings. The Hall–Kier alpha value is -2.20. The number of rotatable bonds is 6. The van der Waals surface area contributed by atoms with E-state index >= 15 is 0 Å². The number of nitrogen functional groups attached to an aromatic ring is 1. The molecule has 0 aliphatic heterocycles. The molecule has 0 fully saturated rings. The van der Waals surface area contributed by atoms with Crippen LogP contribution in [-0.2, 0) is 4.79 Å². The molecule has 2 rings (SSSR count). The number of carbonyl (C=O) groups is 1. The number of hydrogen-bond donors (Lipinski definition) is 2. The zero-order valence-electron chi connectivity index (χ0n) is 13.4. The number of nitrogens with one attached hydrogen (secondary N) is 1. The quantitative estimate of drug-likeness (QED) is 0.777. The standard InChI is InChI=1S/C18H22N2O2.ClH/c1-3-7-15(13-8-5-4-6-9-13)18(21)20-14-10-11-17(22-2)16(19)12-14;/h4-6,8-12,15H,3,7,19H2,1-2H3,(H,20,21);1H. The molecule has 23 heavy (non-hydrogen) atoms. The highest BCUT2D eigenvalue weighted by atomic mass is 35.5. The van der Waals surface area contributed by atoms with Crippen molar-refractivity contribution in [3.63, 3.8) is 0 Å². The summed E-state index contributed by atoms with van der Waals surface area (Å²) in [5, 5.41) is 2.94. The van der Waals surface area contributed by atoms with E-state index in [2.05, 4.69) is 12.2 Å². The van der Waals surface area contributed by atoms with E-state index in [-0.39, 0.29) is 24.2 Å². The molecule has 1 amide bonds. The number of benzene rings is 2. The summed E-state index contributed by atoms with van der Waals surface area (Å²) in [6.07, 6.45) is 1.75. The highest BCUT2D eigenvalue weighted by Crippen LogP contribution is 2.27. The second-order valence-electron chi connectivity index (χ2n) is 5.20. The van der Waals surface area contributed by atoms with Crippen LogP contribution in [0.2, 0.25) is 0 Å². The van der Waals surface area contributed by atoms with E-state index in [0.29, 0.717) is 17.1 Å². The normalized spacial score (nSPS) is 11.2. The third-order valence-corrected chi connectivity index (χ3v) is 3.59. The monoisotopic (exact) mass is 334 g/mol. The molecule has 0 aliphatic carbocycles. The molecule has 4 nitrogen and oxygen atoms in total. The van der Waals surface area contributed by atoms with Crippen molar-refractivity contribution in [2.45, 2.75) is 25.7 Å². The van der Waals surface area contributed by atoms with Gasteiger partial charge in [-0.3, -0.25) is 4.79 Å². The van der Waals surface area contributed by atoms with E-state index in [9.17, 15) is 4.79 Å². The highest BCUT2D eigenvalue weighted by Gasteiger charge is 2.19. The van der Waals surface area contributed by atoms with E-state index in [1.54, 1.807) is 25.3 Å². The van der Waals surface area contributed by atoms with Gasteiger partial charge in [-0.05, 0) is 30.2 Å². The number of carbonyl (C=O) groups excluding carboxylic acids is 1. The fraction of sp³-hybridized carbons (Fsp3) is 0.278. The Balaban J connectivity index is 0.00000264. The van der Waals surface area contributed by atoms with Gasteiger partial charge in [-0.15, -0.1) is 12.4 Å². The molecule has 0 saturated heterocycles. The maximum Gasteiger partial charge on any atom is 0.231 e. The number of hydrogen-bond acceptors (Lipinski definition) is 3. The van der Waals surface area contributed by atoms with Crippen molar-refractivity contribution < 1.29 is 9.53 Å². The van der Waals surface area contributed by atoms with Crippen molar-refractivity contribution >= 4 is 29.7 Å². The van der Waals surface area contributed by atoms with Gasteiger partial charge < -0.3 is 15.8 Å². The van der Waals surface area contributed by atoms with Crippen molar-refractivity contribution in [3.05, 3.63) is 54.1 Å². The molecule has 3 N–H and O–H groups in total. The van der Waals surface area contributed by atoms with Crippen LogP contribution in [0.4, 0.5) is 11.4 Å². The smallest absolute Gasteiger partial charge is 0.231 e. The molecular weight excluding hydrogens is 312 g/mol. The van der Waals surface area contributed by atoms with Gasteiger partial charge in [0.15, 0.2) is 0 Å². The minimum Gasteiger partial charge on any atom is -0.495 e. The van der Waals surface area contributed by atoms with Gasteiger partial charge in [0, 0.05) is 5.69 Å². The fourth-order valence-corrected chi connectivity index (χ4v) is 2.46. The molecule has 124 valence electrons. The Morgan fingerprint density at radius 2 is 1.91 bits per heavy atom. The first-order valence-corrected chi connectivity index (χ1v) is 7.45. The van der Waals surface area contributed by atoms with Gasteiger partial charge in [0.05, 0.1) is 18.7 Å². The second-order valence-corrected chi connectivity index (χ2v) is 5.20. The lowest BCUT2D eigenvalue weighted by atomic mass is 9.93. The first-order valence-electron chi connectivity index (χ1n) is 7.45. The van der Waals surface area contributed by atoms with E-state index < -0.39 is 0 Å². The Labute approximate surface area is 143 Å². The number of amides is 1. The molecule has 0 aromatic heterocycles. The third-order valence-electron chi connectivity index (χ3n) is 3.59. The number of anilines is 2. The first-order chi connectivity index (χ1) is 10.7. The highest BCUT2D eigenvalue weighted by molar-refractivity contribution is 5.96. The maximum absolute atomic E-state index is 12.6. The minimum absolute atomic E-state index is 0. The van der Waals surface area contributed by atoms with Crippen molar-refractivity contribution in [2.24, 2.45) is 0 Å². The van der Waals surface area contributed by atoms with Crippen molar-refractivity contribution in [1.82, 2.24) is 0 Å². The van der Waals surface area contributed by atoms with Gasteiger partial charge in [0.1, 0.15) is 5.75 Å². The van der Waals surface area contributed by atoms with Gasteiger partial charge in [-0.2, -0.15) is 0 Å². The van der Waals surface area contributed by atoms with Crippen LogP contribution >= 0.6 is 12.4 Å². The minimum atomic E-state index is -0.158. The topological polar surface area (TPSA) is 64.3 Å². The van der Waals surface area contributed by atoms with E-state index in [4.69, 9.17) is 10.5 Å². The van der Waals surface area contributed by atoms with E-state index in [1.165, 1.54) is 0 Å². The number of nitrogens with two attached hydrogens (primary N) is 1. The molecule has 2 aromatic carbocycles. The molecular formula is C18H23ClN2O2. The van der Waals surface area contributed by atoms with Gasteiger partial charge in [0.2, 0.25) is 5.91 Å². The lowest BCUT2D eigenvalue weighted by Gasteiger charge is -2.17. The summed E-state index contributed by atoms with van der Waals surface area (Å²) in [7, 11) is 1.57. The van der Waals surface area contributed by atoms with Crippen molar-refractivity contribution in [3.8, 4) is 5.75 Å². The molecule has 0 spiro atoms. The molecule has 0 bridgehead atoms. The van der Waals surface area contributed by atoms with Gasteiger partial charge in [0.25, 0.3) is 0 Å². The van der Waals surface area contributed by atoms with E-state index in [0.717, 1.165) is 18.4 Å². The van der Waals surface area contributed by atoms with Gasteiger partial charge in [-0.25, -0.2) is 0 Å². The van der Waals surface area contributed by atoms with Crippen LogP contribution in [0.25, 0.3) is 0 Å². The lowest BCUT2D eigenvalue weighted by Crippen LogP contribution is -2.21. The number of methoxy groups -OCH3 is 1. The van der Waals surface area contributed by atoms with E-state index in [1.807, 2.05) is 30.3 Å². The van der Waals surface area contributed by atoms with Crippen LogP contribution in [0, 0.1) is 0 Å². The second kappa shape index (κ2) is 9.06. The molecule has 5 heteroatoms. The van der Waals surface area contributed by atoms with Crippen LogP contribution in [0.15, 0.2) is 48.5 Å². The van der Waals surface area contributed by atoms with Crippen LogP contribution in [0.1, 0.15) is 31.2 Å². The molecule has 2 aromatic rings. The SMILES string of the molecule is CCCC(C(=O)Nc1ccc(OC)c(N)c1)c1ccccc1.Cl. The Morgan fingerprint density at radius 1 is 1.22 bits per heavy atom. The largest absolute Gasteiger partial charge is 0.495 e. The predicted molar refractivity (Wildman–Crippen MR) is 97.4 cm³/mol. The van der Waals surface area contributed by atoms with Crippen LogP contribution < -0.4 is 15.8 Å². The summed E-state index contributed by atoms with van der Waals surface area (Å²) in [5.74, 6) is 0.429. The van der Waals surface area contributed by atoms with Crippen LogP contribution in [-0.4, -0.2) is 13.0 Å². The lowest BCUT2D eigenvalue weighted by molar-refractivity contribution is -0.117. The first kappa shape index (κ1) is 18.8. The van der Waals surface area contributed by atoms with Crippen LogP contribution in [0.3, 0.4) is 0 Å². The summed E-state index contributed by atoms with van der Waals surface area (Å²) in [6, 6.07) is 15.1. The molecule has 1 atom stereocenters. The Morgan fingerprint density at radius 3 is 2.48 bits per heavy atom. The fourth-order valence-electron chi connectivity index (χ4n) is 2.46. The third kappa shape index (κ3) is 4.89. The molecule has 1 unspecified atom stereocenters.